The van der Waals surface area contributed by atoms with Crippen LogP contribution in [0.4, 0.5) is 0 Å². The first-order chi connectivity index (χ1) is 16.8. The topological polar surface area (TPSA) is 118 Å². The number of ether oxygens (including phenoxy) is 1. The summed E-state index contributed by atoms with van der Waals surface area (Å²) in [6, 6.07) is 0. The lowest BCUT2D eigenvalue weighted by molar-refractivity contribution is -0.0795. The lowest BCUT2D eigenvalue weighted by Crippen LogP contribution is -2.66. The van der Waals surface area contributed by atoms with Crippen molar-refractivity contribution in [2.24, 2.45) is 0 Å². The van der Waals surface area contributed by atoms with Crippen molar-refractivity contribution in [1.82, 2.24) is 19.5 Å². The molecule has 206 valence electrons. The predicted octanol–water partition coefficient (Wildman–Crippen LogP) is 5.27. The smallest absolute Gasteiger partial charge is 0.356 e. The van der Waals surface area contributed by atoms with Gasteiger partial charge in [-0.1, -0.05) is 62.3 Å². The van der Waals surface area contributed by atoms with Crippen molar-refractivity contribution in [3.8, 4) is 0 Å². The monoisotopic (exact) mass is 550 g/mol. The Bertz CT molecular complexity index is 1170. The fraction of sp³-hybridized carbons (Fsp3) is 0.760. The summed E-state index contributed by atoms with van der Waals surface area (Å²) < 4.78 is 29.2. The second-order valence-electron chi connectivity index (χ2n) is 13.8. The molecule has 0 bridgehead atoms. The van der Waals surface area contributed by atoms with Crippen LogP contribution in [0.15, 0.2) is 12.7 Å². The highest BCUT2D eigenvalue weighted by Crippen LogP contribution is 2.56. The summed E-state index contributed by atoms with van der Waals surface area (Å²) in [6.07, 6.45) is 1.05. The number of nitrogens with zero attached hydrogens (tertiary/aromatic N) is 4. The van der Waals surface area contributed by atoms with E-state index in [1.807, 2.05) is 0 Å². The van der Waals surface area contributed by atoms with E-state index in [-0.39, 0.29) is 38.5 Å². The third-order valence-corrected chi connectivity index (χ3v) is 17.7. The summed E-state index contributed by atoms with van der Waals surface area (Å²) in [5.74, 6) is -1.16. The van der Waals surface area contributed by atoms with Crippen LogP contribution in [-0.4, -0.2) is 72.4 Å². The van der Waals surface area contributed by atoms with Crippen LogP contribution >= 0.6 is 0 Å². The van der Waals surface area contributed by atoms with E-state index in [9.17, 15) is 9.90 Å². The fourth-order valence-corrected chi connectivity index (χ4v) is 11.6. The van der Waals surface area contributed by atoms with Gasteiger partial charge in [0.1, 0.15) is 30.2 Å². The number of carboxylic acid groups (broad SMARTS) is 1. The van der Waals surface area contributed by atoms with Gasteiger partial charge < -0.3 is 23.1 Å². The van der Waals surface area contributed by atoms with E-state index in [4.69, 9.17) is 18.0 Å². The summed E-state index contributed by atoms with van der Waals surface area (Å²) in [5.41, 5.74) is 0.452. The van der Waals surface area contributed by atoms with Gasteiger partial charge in [-0.15, -0.1) is 0 Å². The standard InChI is InChI=1S/C25H42N4O6Si2/c1-23(2,3)36(10,11)34-19-18-15(12-32-37(35-18,24(4,5)6)25(7,8)9)33-21(19)29-14-28-16-17(22(30)31)26-13-27-20(16)29/h13-15,18-19,21H,12H2,1-11H3,(H,30,31)/t15-,18+,19-,21-/m1/s1. The third-order valence-electron chi connectivity index (χ3n) is 8.09. The summed E-state index contributed by atoms with van der Waals surface area (Å²) in [7, 11) is -5.08. The molecule has 4 rings (SSSR count). The molecule has 2 aromatic rings. The maximum Gasteiger partial charge on any atom is 0.356 e. The molecular weight excluding hydrogens is 508 g/mol. The molecule has 0 saturated carbocycles. The van der Waals surface area contributed by atoms with Gasteiger partial charge in [-0.3, -0.25) is 4.57 Å². The number of rotatable bonds is 4. The van der Waals surface area contributed by atoms with Crippen LogP contribution in [-0.2, 0) is 18.0 Å². The van der Waals surface area contributed by atoms with E-state index in [2.05, 4.69) is 90.4 Å². The SMILES string of the molecule is CC(C)(C)[Si](C)(C)O[C@@H]1[C@H]2O[Si](C(C)(C)C)(C(C)(C)C)OC[C@H]2O[C@H]1n1cnc2c(C(=O)O)ncnc21. The van der Waals surface area contributed by atoms with E-state index in [0.717, 1.165) is 0 Å². The van der Waals surface area contributed by atoms with Crippen LogP contribution in [0.25, 0.3) is 11.2 Å². The van der Waals surface area contributed by atoms with Gasteiger partial charge in [-0.05, 0) is 18.1 Å². The van der Waals surface area contributed by atoms with E-state index in [0.29, 0.717) is 12.3 Å². The molecule has 2 fully saturated rings. The number of carbonyl (C=O) groups is 1. The van der Waals surface area contributed by atoms with Crippen LogP contribution < -0.4 is 0 Å². The Morgan fingerprint density at radius 2 is 1.70 bits per heavy atom. The van der Waals surface area contributed by atoms with Gasteiger partial charge in [0, 0.05) is 10.1 Å². The van der Waals surface area contributed by atoms with Crippen LogP contribution in [0.2, 0.25) is 28.2 Å². The quantitative estimate of drug-likeness (QED) is 0.508. The van der Waals surface area contributed by atoms with Crippen molar-refractivity contribution in [1.29, 1.82) is 0 Å². The van der Waals surface area contributed by atoms with Gasteiger partial charge in [0.15, 0.2) is 25.9 Å². The number of hydrogen-bond donors (Lipinski definition) is 1. The molecule has 12 heteroatoms. The van der Waals surface area contributed by atoms with Crippen molar-refractivity contribution in [2.75, 3.05) is 6.61 Å². The number of carboxylic acids is 1. The van der Waals surface area contributed by atoms with Gasteiger partial charge in [0.2, 0.25) is 0 Å². The maximum atomic E-state index is 11.8. The lowest BCUT2D eigenvalue weighted by Gasteiger charge is -2.54. The van der Waals surface area contributed by atoms with Crippen molar-refractivity contribution < 1.29 is 27.9 Å². The van der Waals surface area contributed by atoms with Crippen molar-refractivity contribution in [3.63, 3.8) is 0 Å². The second kappa shape index (κ2) is 8.92. The zero-order valence-corrected chi connectivity index (χ0v) is 25.9. The van der Waals surface area contributed by atoms with Crippen LogP contribution in [0.5, 0.6) is 0 Å². The summed E-state index contributed by atoms with van der Waals surface area (Å²) in [4.78, 5) is 24.4. The van der Waals surface area contributed by atoms with E-state index in [1.165, 1.54) is 6.33 Å². The molecule has 2 saturated heterocycles. The molecule has 2 aliphatic heterocycles. The van der Waals surface area contributed by atoms with Crippen molar-refractivity contribution >= 4 is 34.0 Å². The van der Waals surface area contributed by atoms with E-state index < -0.39 is 35.2 Å². The minimum Gasteiger partial charge on any atom is -0.476 e. The lowest BCUT2D eigenvalue weighted by atomic mass is 10.1. The van der Waals surface area contributed by atoms with Crippen molar-refractivity contribution in [2.45, 2.75) is 115 Å². The average molecular weight is 551 g/mol. The fourth-order valence-electron chi connectivity index (χ4n) is 5.38. The molecule has 0 unspecified atom stereocenters. The van der Waals surface area contributed by atoms with Gasteiger partial charge >= 0.3 is 14.5 Å². The molecule has 4 heterocycles. The summed E-state index contributed by atoms with van der Waals surface area (Å²) in [5, 5.41) is 9.18. The van der Waals surface area contributed by atoms with Gasteiger partial charge in [0.05, 0.1) is 12.9 Å². The van der Waals surface area contributed by atoms with Crippen LogP contribution in [0, 0.1) is 0 Å². The Labute approximate surface area is 221 Å². The van der Waals surface area contributed by atoms with Gasteiger partial charge in [-0.25, -0.2) is 19.7 Å². The molecule has 37 heavy (non-hydrogen) atoms. The minimum absolute atomic E-state index is 0.0426. The molecule has 0 aromatic carbocycles. The largest absolute Gasteiger partial charge is 0.476 e. The van der Waals surface area contributed by atoms with E-state index in [1.54, 1.807) is 10.9 Å². The molecule has 2 aromatic heterocycles. The Kier molecular flexibility index (Phi) is 6.82. The molecule has 4 atom stereocenters. The molecule has 0 radical (unpaired) electrons. The zero-order chi connectivity index (χ0) is 27.8. The predicted molar refractivity (Wildman–Crippen MR) is 144 cm³/mol. The molecule has 10 nitrogen and oxygen atoms in total. The number of fused-ring (bicyclic) bond motifs is 2. The Morgan fingerprint density at radius 3 is 2.24 bits per heavy atom. The van der Waals surface area contributed by atoms with E-state index >= 15 is 0 Å². The van der Waals surface area contributed by atoms with Crippen LogP contribution in [0.1, 0.15) is 79.0 Å². The molecule has 0 amide bonds. The highest BCUT2D eigenvalue weighted by atomic mass is 28.4. The first-order valence-electron chi connectivity index (χ1n) is 12.9. The maximum absolute atomic E-state index is 11.8. The van der Waals surface area contributed by atoms with Crippen molar-refractivity contribution in [3.05, 3.63) is 18.3 Å². The Morgan fingerprint density at radius 1 is 1.08 bits per heavy atom. The first kappa shape index (κ1) is 28.3. The number of aromatic nitrogens is 4. The second-order valence-corrected chi connectivity index (χ2v) is 23.3. The normalized spacial score (nSPS) is 26.9. The van der Waals surface area contributed by atoms with Gasteiger partial charge in [-0.2, -0.15) is 0 Å². The number of aromatic carboxylic acids is 1. The average Bonchev–Trinajstić information content (AvgIpc) is 3.31. The third kappa shape index (κ3) is 4.59. The summed E-state index contributed by atoms with van der Waals surface area (Å²) >= 11 is 0. The highest BCUT2D eigenvalue weighted by Gasteiger charge is 2.66. The van der Waals surface area contributed by atoms with Gasteiger partial charge in [0.25, 0.3) is 0 Å². The zero-order valence-electron chi connectivity index (χ0n) is 23.9. The molecule has 0 aliphatic carbocycles. The van der Waals surface area contributed by atoms with Crippen LogP contribution in [0.3, 0.4) is 0 Å². The molecule has 0 spiro atoms. The highest BCUT2D eigenvalue weighted by molar-refractivity contribution is 6.74. The number of hydrogen-bond acceptors (Lipinski definition) is 8. The Hall–Kier alpha value is -1.71. The Balaban J connectivity index is 1.83. The molecule has 1 N–H and O–H groups in total. The first-order valence-corrected chi connectivity index (χ1v) is 17.6. The molecular formula is C25H42N4O6Si2. The summed E-state index contributed by atoms with van der Waals surface area (Å²) in [6.45, 7) is 24.6. The number of imidazole rings is 1. The molecule has 2 aliphatic rings. The minimum atomic E-state index is -2.80.